The van der Waals surface area contributed by atoms with Crippen molar-refractivity contribution < 1.29 is 18.7 Å². The molecule has 0 heterocycles. The van der Waals surface area contributed by atoms with Crippen molar-refractivity contribution in [1.82, 2.24) is 5.32 Å². The molecule has 0 radical (unpaired) electrons. The third kappa shape index (κ3) is 4.47. The van der Waals surface area contributed by atoms with Crippen LogP contribution in [0.15, 0.2) is 48.5 Å². The van der Waals surface area contributed by atoms with Crippen molar-refractivity contribution in [3.05, 3.63) is 59.9 Å². The number of nitrogens with one attached hydrogen (secondary N) is 1. The molecule has 0 aromatic heterocycles. The van der Waals surface area contributed by atoms with Crippen LogP contribution in [0.1, 0.15) is 31.9 Å². The summed E-state index contributed by atoms with van der Waals surface area (Å²) in [5.74, 6) is 0.579. The van der Waals surface area contributed by atoms with Gasteiger partial charge < -0.3 is 14.8 Å². The fraction of sp³-hybridized carbons (Fsp3) is 0.316. The maximum absolute atomic E-state index is 13.0. The molecule has 2 rings (SSSR count). The van der Waals surface area contributed by atoms with Gasteiger partial charge in [0.1, 0.15) is 5.82 Å². The van der Waals surface area contributed by atoms with Crippen LogP contribution in [0.5, 0.6) is 11.5 Å². The molecule has 0 fully saturated rings. The number of ether oxygens (including phenoxy) is 2. The summed E-state index contributed by atoms with van der Waals surface area (Å²) in [4.78, 5) is 12.5. The quantitative estimate of drug-likeness (QED) is 0.838. The van der Waals surface area contributed by atoms with Crippen LogP contribution in [0.4, 0.5) is 4.39 Å². The Morgan fingerprint density at radius 3 is 2.33 bits per heavy atom. The highest BCUT2D eigenvalue weighted by molar-refractivity contribution is 5.81. The van der Waals surface area contributed by atoms with E-state index in [1.54, 1.807) is 31.4 Å². The normalized spacial score (nSPS) is 13.0. The van der Waals surface area contributed by atoms with Crippen LogP contribution in [-0.4, -0.2) is 19.1 Å². The van der Waals surface area contributed by atoms with Crippen molar-refractivity contribution >= 4 is 5.91 Å². The molecule has 1 amide bonds. The number of halogens is 1. The second-order valence-corrected chi connectivity index (χ2v) is 5.45. The highest BCUT2D eigenvalue weighted by Crippen LogP contribution is 2.27. The molecule has 0 aliphatic carbocycles. The Labute approximate surface area is 141 Å². The van der Waals surface area contributed by atoms with Crippen LogP contribution < -0.4 is 14.8 Å². The lowest BCUT2D eigenvalue weighted by molar-refractivity contribution is -0.128. The summed E-state index contributed by atoms with van der Waals surface area (Å²) >= 11 is 0. The molecule has 2 aromatic carbocycles. The monoisotopic (exact) mass is 331 g/mol. The molecule has 1 N–H and O–H groups in total. The highest BCUT2D eigenvalue weighted by Gasteiger charge is 2.22. The van der Waals surface area contributed by atoms with Crippen molar-refractivity contribution in [2.24, 2.45) is 0 Å². The first-order chi connectivity index (χ1) is 11.5. The largest absolute Gasteiger partial charge is 0.493 e. The predicted molar refractivity (Wildman–Crippen MR) is 90.7 cm³/mol. The molecule has 0 aliphatic heterocycles. The van der Waals surface area contributed by atoms with Crippen molar-refractivity contribution in [1.29, 1.82) is 0 Å². The van der Waals surface area contributed by atoms with Crippen LogP contribution >= 0.6 is 0 Å². The average Bonchev–Trinajstić information content (AvgIpc) is 2.60. The molecular formula is C19H22FNO3. The van der Waals surface area contributed by atoms with Gasteiger partial charge in [0, 0.05) is 0 Å². The van der Waals surface area contributed by atoms with Crippen LogP contribution in [0.2, 0.25) is 0 Å². The Bertz CT molecular complexity index is 673. The number of carbonyl (C=O) groups excluding carboxylic acids is 1. The molecule has 2 aromatic rings. The first-order valence-corrected chi connectivity index (χ1v) is 7.90. The van der Waals surface area contributed by atoms with Gasteiger partial charge in [-0.3, -0.25) is 4.79 Å². The molecule has 0 saturated carbocycles. The minimum atomic E-state index is -0.635. The first kappa shape index (κ1) is 17.8. The molecule has 0 saturated heterocycles. The van der Waals surface area contributed by atoms with E-state index < -0.39 is 6.10 Å². The van der Waals surface area contributed by atoms with Gasteiger partial charge in [-0.05, 0) is 43.2 Å². The molecule has 5 heteroatoms. The first-order valence-electron chi connectivity index (χ1n) is 7.90. The van der Waals surface area contributed by atoms with Gasteiger partial charge in [-0.2, -0.15) is 0 Å². The molecule has 2 atom stereocenters. The maximum Gasteiger partial charge on any atom is 0.261 e. The molecule has 0 bridgehead atoms. The Kier molecular flexibility index (Phi) is 6.18. The van der Waals surface area contributed by atoms with E-state index in [9.17, 15) is 9.18 Å². The zero-order chi connectivity index (χ0) is 17.5. The van der Waals surface area contributed by atoms with E-state index in [0.717, 1.165) is 5.56 Å². The van der Waals surface area contributed by atoms with Crippen molar-refractivity contribution in [2.45, 2.75) is 32.4 Å². The minimum Gasteiger partial charge on any atom is -0.493 e. The summed E-state index contributed by atoms with van der Waals surface area (Å²) in [6.07, 6.45) is -0.121. The highest BCUT2D eigenvalue weighted by atomic mass is 19.1. The SMILES string of the molecule is CCC(Oc1ccccc1OC)C(=O)NC(C)c1ccc(F)cc1. The Morgan fingerprint density at radius 2 is 1.75 bits per heavy atom. The lowest BCUT2D eigenvalue weighted by atomic mass is 10.1. The number of hydrogen-bond donors (Lipinski definition) is 1. The van der Waals surface area contributed by atoms with Gasteiger partial charge >= 0.3 is 0 Å². The lowest BCUT2D eigenvalue weighted by Gasteiger charge is -2.21. The van der Waals surface area contributed by atoms with Gasteiger partial charge in [-0.1, -0.05) is 31.2 Å². The van der Waals surface area contributed by atoms with Gasteiger partial charge in [0.15, 0.2) is 17.6 Å². The third-order valence-electron chi connectivity index (χ3n) is 3.73. The lowest BCUT2D eigenvalue weighted by Crippen LogP contribution is -2.39. The van der Waals surface area contributed by atoms with Gasteiger partial charge in [0.2, 0.25) is 0 Å². The van der Waals surface area contributed by atoms with E-state index in [1.807, 2.05) is 26.0 Å². The van der Waals surface area contributed by atoms with E-state index in [1.165, 1.54) is 12.1 Å². The molecule has 24 heavy (non-hydrogen) atoms. The van der Waals surface area contributed by atoms with Crippen LogP contribution in [0.3, 0.4) is 0 Å². The third-order valence-corrected chi connectivity index (χ3v) is 3.73. The second kappa shape index (κ2) is 8.34. The number of amides is 1. The molecule has 0 aliphatic rings. The summed E-state index contributed by atoms with van der Waals surface area (Å²) in [7, 11) is 1.56. The van der Waals surface area contributed by atoms with Crippen molar-refractivity contribution in [2.75, 3.05) is 7.11 Å². The second-order valence-electron chi connectivity index (χ2n) is 5.45. The maximum atomic E-state index is 13.0. The number of methoxy groups -OCH3 is 1. The number of rotatable bonds is 7. The summed E-state index contributed by atoms with van der Waals surface area (Å²) in [6.45, 7) is 3.73. The fourth-order valence-corrected chi connectivity index (χ4v) is 2.33. The molecule has 0 spiro atoms. The van der Waals surface area contributed by atoms with E-state index in [4.69, 9.17) is 9.47 Å². The summed E-state index contributed by atoms with van der Waals surface area (Å²) in [5, 5.41) is 2.90. The molecular weight excluding hydrogens is 309 g/mol. The zero-order valence-corrected chi connectivity index (χ0v) is 14.1. The van der Waals surface area contributed by atoms with E-state index in [0.29, 0.717) is 17.9 Å². The van der Waals surface area contributed by atoms with E-state index in [2.05, 4.69) is 5.32 Å². The number of hydrogen-bond acceptors (Lipinski definition) is 3. The zero-order valence-electron chi connectivity index (χ0n) is 14.1. The van der Waals surface area contributed by atoms with Crippen molar-refractivity contribution in [3.8, 4) is 11.5 Å². The topological polar surface area (TPSA) is 47.6 Å². The molecule has 4 nitrogen and oxygen atoms in total. The van der Waals surface area contributed by atoms with E-state index in [-0.39, 0.29) is 17.8 Å². The fourth-order valence-electron chi connectivity index (χ4n) is 2.33. The average molecular weight is 331 g/mol. The van der Waals surface area contributed by atoms with Crippen LogP contribution in [-0.2, 0) is 4.79 Å². The summed E-state index contributed by atoms with van der Waals surface area (Å²) in [6, 6.07) is 13.0. The molecule has 128 valence electrons. The minimum absolute atomic E-state index is 0.222. The Hall–Kier alpha value is -2.56. The van der Waals surface area contributed by atoms with Gasteiger partial charge in [0.05, 0.1) is 13.2 Å². The van der Waals surface area contributed by atoms with Gasteiger partial charge in [-0.25, -0.2) is 4.39 Å². The standard InChI is InChI=1S/C19H22FNO3/c1-4-16(24-18-8-6-5-7-17(18)23-3)19(22)21-13(2)14-9-11-15(20)12-10-14/h5-13,16H,4H2,1-3H3,(H,21,22). The summed E-state index contributed by atoms with van der Waals surface area (Å²) in [5.41, 5.74) is 0.830. The van der Waals surface area contributed by atoms with Crippen LogP contribution in [0, 0.1) is 5.82 Å². The van der Waals surface area contributed by atoms with Crippen LogP contribution in [0.25, 0.3) is 0 Å². The predicted octanol–water partition coefficient (Wildman–Crippen LogP) is 3.87. The number of benzene rings is 2. The molecule has 2 unspecified atom stereocenters. The van der Waals surface area contributed by atoms with Gasteiger partial charge in [-0.15, -0.1) is 0 Å². The van der Waals surface area contributed by atoms with Crippen molar-refractivity contribution in [3.63, 3.8) is 0 Å². The number of carbonyl (C=O) groups is 1. The van der Waals surface area contributed by atoms with Gasteiger partial charge in [0.25, 0.3) is 5.91 Å². The number of para-hydroxylation sites is 2. The smallest absolute Gasteiger partial charge is 0.261 e. The Balaban J connectivity index is 2.04. The van der Waals surface area contributed by atoms with E-state index >= 15 is 0 Å². The Morgan fingerprint density at radius 1 is 1.12 bits per heavy atom. The summed E-state index contributed by atoms with van der Waals surface area (Å²) < 4.78 is 24.0.